The molecule has 0 bridgehead atoms. The van der Waals surface area contributed by atoms with E-state index in [0.29, 0.717) is 19.5 Å². The van der Waals surface area contributed by atoms with Crippen LogP contribution in [0, 0.1) is 19.8 Å². The van der Waals surface area contributed by atoms with Crippen molar-refractivity contribution in [1.29, 1.82) is 0 Å². The molecule has 0 radical (unpaired) electrons. The monoisotopic (exact) mass is 303 g/mol. The molecule has 1 fully saturated rings. The average molecular weight is 303 g/mol. The number of nitrogens with zero attached hydrogens (tertiary/aromatic N) is 2. The van der Waals surface area contributed by atoms with Gasteiger partial charge in [-0.25, -0.2) is 0 Å². The van der Waals surface area contributed by atoms with Crippen LogP contribution in [0.15, 0.2) is 18.2 Å². The molecule has 22 heavy (non-hydrogen) atoms. The standard InChI is InChI=1S/C17H25N3O2/c1-12-9-13(2)11-14(10-12)20-7-5-15(17(20)22)16(21)18-6-8-19(3)4/h9-11,15H,5-8H2,1-4H3,(H,18,21). The zero-order valence-electron chi connectivity index (χ0n) is 13.8. The number of amides is 2. The Morgan fingerprint density at radius 2 is 1.91 bits per heavy atom. The summed E-state index contributed by atoms with van der Waals surface area (Å²) in [5.41, 5.74) is 3.15. The van der Waals surface area contributed by atoms with Crippen molar-refractivity contribution in [3.63, 3.8) is 0 Å². The van der Waals surface area contributed by atoms with Crippen LogP contribution in [-0.2, 0) is 9.59 Å². The molecule has 1 N–H and O–H groups in total. The highest BCUT2D eigenvalue weighted by atomic mass is 16.2. The van der Waals surface area contributed by atoms with E-state index in [9.17, 15) is 9.59 Å². The Morgan fingerprint density at radius 1 is 1.27 bits per heavy atom. The average Bonchev–Trinajstić information content (AvgIpc) is 2.79. The van der Waals surface area contributed by atoms with Gasteiger partial charge in [-0.05, 0) is 57.6 Å². The van der Waals surface area contributed by atoms with Crippen LogP contribution in [0.3, 0.4) is 0 Å². The number of nitrogens with one attached hydrogen (secondary N) is 1. The number of likely N-dealkylation sites (N-methyl/N-ethyl adjacent to an activating group) is 1. The topological polar surface area (TPSA) is 52.7 Å². The SMILES string of the molecule is Cc1cc(C)cc(N2CCC(C(=O)NCCN(C)C)C2=O)c1. The fourth-order valence-corrected chi connectivity index (χ4v) is 2.81. The van der Waals surface area contributed by atoms with E-state index in [4.69, 9.17) is 0 Å². The lowest BCUT2D eigenvalue weighted by atomic mass is 10.1. The lowest BCUT2D eigenvalue weighted by molar-refractivity contribution is -0.132. The van der Waals surface area contributed by atoms with Gasteiger partial charge in [0.15, 0.2) is 0 Å². The molecule has 1 atom stereocenters. The van der Waals surface area contributed by atoms with Crippen molar-refractivity contribution in [2.75, 3.05) is 38.6 Å². The van der Waals surface area contributed by atoms with Gasteiger partial charge in [0.2, 0.25) is 11.8 Å². The largest absolute Gasteiger partial charge is 0.354 e. The van der Waals surface area contributed by atoms with E-state index in [0.717, 1.165) is 23.4 Å². The third-order valence-electron chi connectivity index (χ3n) is 3.90. The van der Waals surface area contributed by atoms with Gasteiger partial charge in [-0.3, -0.25) is 9.59 Å². The van der Waals surface area contributed by atoms with Crippen LogP contribution < -0.4 is 10.2 Å². The van der Waals surface area contributed by atoms with Gasteiger partial charge in [0.1, 0.15) is 5.92 Å². The van der Waals surface area contributed by atoms with Gasteiger partial charge < -0.3 is 15.1 Å². The molecule has 0 aromatic heterocycles. The molecular formula is C17H25N3O2. The predicted molar refractivity (Wildman–Crippen MR) is 87.9 cm³/mol. The molecule has 2 rings (SSSR count). The quantitative estimate of drug-likeness (QED) is 0.835. The molecule has 0 aliphatic carbocycles. The Labute approximate surface area is 132 Å². The normalized spacial score (nSPS) is 18.1. The third kappa shape index (κ3) is 3.85. The highest BCUT2D eigenvalue weighted by Gasteiger charge is 2.37. The summed E-state index contributed by atoms with van der Waals surface area (Å²) in [6.45, 7) is 5.98. The molecule has 1 aromatic carbocycles. The highest BCUT2D eigenvalue weighted by Crippen LogP contribution is 2.27. The van der Waals surface area contributed by atoms with Gasteiger partial charge in [0.05, 0.1) is 0 Å². The molecule has 1 aliphatic heterocycles. The molecule has 1 aliphatic rings. The Hall–Kier alpha value is -1.88. The highest BCUT2D eigenvalue weighted by molar-refractivity contribution is 6.09. The Kier molecular flexibility index (Phi) is 5.19. The second kappa shape index (κ2) is 6.92. The first kappa shape index (κ1) is 16.5. The van der Waals surface area contributed by atoms with Gasteiger partial charge >= 0.3 is 0 Å². The van der Waals surface area contributed by atoms with Crippen molar-refractivity contribution >= 4 is 17.5 Å². The zero-order valence-corrected chi connectivity index (χ0v) is 13.8. The summed E-state index contributed by atoms with van der Waals surface area (Å²) in [6.07, 6.45) is 0.583. The molecule has 1 heterocycles. The van der Waals surface area contributed by atoms with Gasteiger partial charge in [0.25, 0.3) is 0 Å². The number of aryl methyl sites for hydroxylation is 2. The van der Waals surface area contributed by atoms with Crippen molar-refractivity contribution in [3.8, 4) is 0 Å². The van der Waals surface area contributed by atoms with Crippen molar-refractivity contribution in [2.24, 2.45) is 5.92 Å². The summed E-state index contributed by atoms with van der Waals surface area (Å²) in [5, 5.41) is 2.85. The Morgan fingerprint density at radius 3 is 2.50 bits per heavy atom. The maximum atomic E-state index is 12.5. The summed E-state index contributed by atoms with van der Waals surface area (Å²) in [7, 11) is 3.91. The maximum absolute atomic E-state index is 12.5. The molecule has 0 saturated carbocycles. The molecule has 1 unspecified atom stereocenters. The Balaban J connectivity index is 2.01. The molecular weight excluding hydrogens is 278 g/mol. The van der Waals surface area contributed by atoms with Crippen LogP contribution in [0.25, 0.3) is 0 Å². The van der Waals surface area contributed by atoms with Gasteiger partial charge in [-0.2, -0.15) is 0 Å². The lowest BCUT2D eigenvalue weighted by Gasteiger charge is -2.18. The second-order valence-electron chi connectivity index (χ2n) is 6.27. The van der Waals surface area contributed by atoms with Crippen LogP contribution in [-0.4, -0.2) is 50.4 Å². The van der Waals surface area contributed by atoms with Crippen LogP contribution in [0.4, 0.5) is 5.69 Å². The van der Waals surface area contributed by atoms with Gasteiger partial charge in [-0.15, -0.1) is 0 Å². The maximum Gasteiger partial charge on any atom is 0.239 e. The van der Waals surface area contributed by atoms with Gasteiger partial charge in [0, 0.05) is 25.3 Å². The molecule has 2 amide bonds. The van der Waals surface area contributed by atoms with Crippen molar-refractivity contribution in [2.45, 2.75) is 20.3 Å². The van der Waals surface area contributed by atoms with Gasteiger partial charge in [-0.1, -0.05) is 6.07 Å². The van der Waals surface area contributed by atoms with Crippen molar-refractivity contribution in [3.05, 3.63) is 29.3 Å². The number of carbonyl (C=O) groups excluding carboxylic acids is 2. The fourth-order valence-electron chi connectivity index (χ4n) is 2.81. The predicted octanol–water partition coefficient (Wildman–Crippen LogP) is 1.33. The molecule has 5 nitrogen and oxygen atoms in total. The minimum Gasteiger partial charge on any atom is -0.354 e. The van der Waals surface area contributed by atoms with Crippen LogP contribution >= 0.6 is 0 Å². The number of anilines is 1. The minimum absolute atomic E-state index is 0.0904. The number of carbonyl (C=O) groups is 2. The zero-order chi connectivity index (χ0) is 16.3. The number of hydrogen-bond acceptors (Lipinski definition) is 3. The van der Waals surface area contributed by atoms with Crippen LogP contribution in [0.2, 0.25) is 0 Å². The number of benzene rings is 1. The summed E-state index contributed by atoms with van der Waals surface area (Å²) in [6, 6.07) is 6.07. The van der Waals surface area contributed by atoms with Crippen LogP contribution in [0.5, 0.6) is 0 Å². The number of rotatable bonds is 5. The third-order valence-corrected chi connectivity index (χ3v) is 3.90. The Bertz CT molecular complexity index is 549. The first-order valence-corrected chi connectivity index (χ1v) is 7.70. The minimum atomic E-state index is -0.553. The van der Waals surface area contributed by atoms with Crippen molar-refractivity contribution < 1.29 is 9.59 Å². The second-order valence-corrected chi connectivity index (χ2v) is 6.27. The first-order valence-electron chi connectivity index (χ1n) is 7.70. The fraction of sp³-hybridized carbons (Fsp3) is 0.529. The van der Waals surface area contributed by atoms with E-state index in [-0.39, 0.29) is 11.8 Å². The van der Waals surface area contributed by atoms with E-state index in [1.165, 1.54) is 0 Å². The van der Waals surface area contributed by atoms with E-state index < -0.39 is 5.92 Å². The molecule has 1 saturated heterocycles. The van der Waals surface area contributed by atoms with E-state index in [1.807, 2.05) is 45.0 Å². The molecule has 5 heteroatoms. The van der Waals surface area contributed by atoms with Crippen LogP contribution in [0.1, 0.15) is 17.5 Å². The summed E-state index contributed by atoms with van der Waals surface area (Å²) < 4.78 is 0. The van der Waals surface area contributed by atoms with E-state index in [2.05, 4.69) is 11.4 Å². The summed E-state index contributed by atoms with van der Waals surface area (Å²) >= 11 is 0. The summed E-state index contributed by atoms with van der Waals surface area (Å²) in [5.74, 6) is -0.797. The summed E-state index contributed by atoms with van der Waals surface area (Å²) in [4.78, 5) is 28.4. The first-order chi connectivity index (χ1) is 10.4. The smallest absolute Gasteiger partial charge is 0.239 e. The van der Waals surface area contributed by atoms with E-state index >= 15 is 0 Å². The molecule has 0 spiro atoms. The molecule has 120 valence electrons. The lowest BCUT2D eigenvalue weighted by Crippen LogP contribution is -2.39. The molecule has 1 aromatic rings. The van der Waals surface area contributed by atoms with Crippen molar-refractivity contribution in [1.82, 2.24) is 10.2 Å². The number of hydrogen-bond donors (Lipinski definition) is 1. The van der Waals surface area contributed by atoms with E-state index in [1.54, 1.807) is 4.90 Å².